The molecule has 0 bridgehead atoms. The van der Waals surface area contributed by atoms with Crippen LogP contribution in [0.3, 0.4) is 0 Å². The van der Waals surface area contributed by atoms with Crippen LogP contribution in [0.2, 0.25) is 0 Å². The minimum absolute atomic E-state index is 0.0264. The molecule has 9 heteroatoms. The Hall–Kier alpha value is -3.85. The number of hydrogen-bond acceptors (Lipinski definition) is 5. The van der Waals surface area contributed by atoms with Crippen LogP contribution in [0, 0.1) is 24.1 Å². The fourth-order valence-corrected chi connectivity index (χ4v) is 8.32. The molecule has 0 N–H and O–H groups in total. The highest BCUT2D eigenvalue weighted by atomic mass is 32.2. The quantitative estimate of drug-likeness (QED) is 0.222. The summed E-state index contributed by atoms with van der Waals surface area (Å²) in [6.07, 6.45) is 9.75. The molecular weight excluding hydrogens is 537 g/mol. The smallest absolute Gasteiger partial charge is 0.191 e. The van der Waals surface area contributed by atoms with Crippen molar-refractivity contribution in [3.63, 3.8) is 0 Å². The molecule has 0 spiro atoms. The van der Waals surface area contributed by atoms with Crippen LogP contribution in [0.4, 0.5) is 4.39 Å². The molecule has 7 nitrogen and oxygen atoms in total. The molecule has 0 saturated heterocycles. The van der Waals surface area contributed by atoms with Gasteiger partial charge in [0.15, 0.2) is 5.78 Å². The summed E-state index contributed by atoms with van der Waals surface area (Å²) >= 11 is 0. The second-order valence-electron chi connectivity index (χ2n) is 12.0. The second kappa shape index (κ2) is 9.62. The highest BCUT2D eigenvalue weighted by Gasteiger charge is 2.53. The molecule has 0 radical (unpaired) electrons. The molecule has 4 aromatic rings. The molecule has 6 rings (SSSR count). The van der Waals surface area contributed by atoms with E-state index in [-0.39, 0.29) is 17.5 Å². The van der Waals surface area contributed by atoms with E-state index in [2.05, 4.69) is 27.1 Å². The van der Waals surface area contributed by atoms with E-state index in [9.17, 15) is 13.4 Å². The number of aromatic nitrogens is 5. The first-order valence-corrected chi connectivity index (χ1v) is 15.5. The first kappa shape index (κ1) is 27.3. The number of fused-ring (bicyclic) bond motifs is 2. The number of halogens is 1. The Morgan fingerprint density at radius 3 is 2.63 bits per heavy atom. The molecular formula is C32H34FN5O2S. The van der Waals surface area contributed by atoms with Crippen LogP contribution in [0.25, 0.3) is 11.8 Å². The Balaban J connectivity index is 1.45. The molecule has 41 heavy (non-hydrogen) atoms. The lowest BCUT2D eigenvalue weighted by atomic mass is 9.57. The lowest BCUT2D eigenvalue weighted by molar-refractivity contribution is 0.0737. The van der Waals surface area contributed by atoms with Crippen LogP contribution in [-0.4, -0.2) is 45.2 Å². The number of pyridine rings is 1. The summed E-state index contributed by atoms with van der Waals surface area (Å²) in [6.45, 7) is 5.96. The molecule has 0 amide bonds. The zero-order valence-electron chi connectivity index (χ0n) is 23.8. The Kier molecular flexibility index (Phi) is 6.41. The first-order valence-electron chi connectivity index (χ1n) is 13.8. The summed E-state index contributed by atoms with van der Waals surface area (Å²) in [5, 5.41) is 9.58. The first-order chi connectivity index (χ1) is 19.4. The molecule has 2 aliphatic carbocycles. The van der Waals surface area contributed by atoms with Crippen molar-refractivity contribution in [1.82, 2.24) is 24.5 Å². The van der Waals surface area contributed by atoms with Crippen molar-refractivity contribution in [2.45, 2.75) is 56.2 Å². The lowest BCUT2D eigenvalue weighted by Crippen LogP contribution is -2.49. The number of aryl methyl sites for hydroxylation is 2. The summed E-state index contributed by atoms with van der Waals surface area (Å²) in [7, 11) is -0.997. The Morgan fingerprint density at radius 2 is 1.95 bits per heavy atom. The van der Waals surface area contributed by atoms with Crippen LogP contribution < -0.4 is 0 Å². The number of carbonyl (C=O) groups excluding carboxylic acids is 1. The third kappa shape index (κ3) is 4.38. The van der Waals surface area contributed by atoms with Crippen LogP contribution in [0.5, 0.6) is 0 Å². The minimum Gasteiger partial charge on any atom is -0.291 e. The zero-order chi connectivity index (χ0) is 29.2. The zero-order valence-corrected chi connectivity index (χ0v) is 24.6. The van der Waals surface area contributed by atoms with Gasteiger partial charge in [-0.25, -0.2) is 9.07 Å². The van der Waals surface area contributed by atoms with Crippen molar-refractivity contribution >= 4 is 27.3 Å². The lowest BCUT2D eigenvalue weighted by Gasteiger charge is -2.48. The van der Waals surface area contributed by atoms with Gasteiger partial charge in [0.05, 0.1) is 23.0 Å². The van der Waals surface area contributed by atoms with Gasteiger partial charge < -0.3 is 0 Å². The van der Waals surface area contributed by atoms with Crippen molar-refractivity contribution in [3.05, 3.63) is 95.0 Å². The van der Waals surface area contributed by atoms with Gasteiger partial charge in [-0.05, 0) is 118 Å². The highest BCUT2D eigenvalue weighted by Crippen LogP contribution is 2.55. The molecule has 3 heterocycles. The van der Waals surface area contributed by atoms with E-state index in [0.29, 0.717) is 30.0 Å². The number of hydrogen-bond donors (Lipinski definition) is 0. The van der Waals surface area contributed by atoms with Crippen LogP contribution in [0.15, 0.2) is 71.7 Å². The van der Waals surface area contributed by atoms with Crippen molar-refractivity contribution < 1.29 is 13.4 Å². The third-order valence-corrected chi connectivity index (χ3v) is 12.1. The average molecular weight is 572 g/mol. The maximum atomic E-state index is 14.6. The summed E-state index contributed by atoms with van der Waals surface area (Å²) in [5.74, 6) is 3.83. The normalized spacial score (nSPS) is 21.9. The Labute approximate surface area is 240 Å². The SMILES string of the molecule is C=S(=O)(c1ccn(C)n1)C(C)(C)[C@H]1CCC2=Cc3c(cnn3-c3ccc(F)cc3)C[C@]2(C(=O)c2cc(C)ccn2)C1. The maximum Gasteiger partial charge on any atom is 0.191 e. The predicted molar refractivity (Wildman–Crippen MR) is 159 cm³/mol. The van der Waals surface area contributed by atoms with Crippen LogP contribution in [0.1, 0.15) is 60.4 Å². The molecule has 1 saturated carbocycles. The van der Waals surface area contributed by atoms with Gasteiger partial charge >= 0.3 is 0 Å². The maximum absolute atomic E-state index is 14.6. The predicted octanol–water partition coefficient (Wildman–Crippen LogP) is 5.61. The molecule has 3 aromatic heterocycles. The van der Waals surface area contributed by atoms with Gasteiger partial charge in [0.2, 0.25) is 0 Å². The van der Waals surface area contributed by atoms with Crippen molar-refractivity contribution in [1.29, 1.82) is 0 Å². The van der Waals surface area contributed by atoms with Gasteiger partial charge in [-0.1, -0.05) is 5.57 Å². The van der Waals surface area contributed by atoms with Crippen molar-refractivity contribution in [3.8, 4) is 5.69 Å². The number of nitrogens with zero attached hydrogens (tertiary/aromatic N) is 5. The Morgan fingerprint density at radius 1 is 1.20 bits per heavy atom. The van der Waals surface area contributed by atoms with E-state index >= 15 is 0 Å². The molecule has 1 aromatic carbocycles. The fraction of sp³-hybridized carbons (Fsp3) is 0.344. The molecule has 2 aliphatic rings. The number of allylic oxidation sites excluding steroid dienone is 1. The van der Waals surface area contributed by atoms with Crippen LogP contribution >= 0.6 is 0 Å². The summed E-state index contributed by atoms with van der Waals surface area (Å²) in [5.41, 5.74) is 4.17. The van der Waals surface area contributed by atoms with Crippen molar-refractivity contribution in [2.24, 2.45) is 18.4 Å². The highest BCUT2D eigenvalue weighted by molar-refractivity contribution is 8.01. The van der Waals surface area contributed by atoms with Gasteiger partial charge in [0.1, 0.15) is 16.5 Å². The molecule has 0 aliphatic heterocycles. The van der Waals surface area contributed by atoms with Crippen molar-refractivity contribution in [2.75, 3.05) is 0 Å². The summed E-state index contributed by atoms with van der Waals surface area (Å²) < 4.78 is 30.7. The molecule has 3 atom stereocenters. The fourth-order valence-electron chi connectivity index (χ4n) is 6.50. The van der Waals surface area contributed by atoms with Gasteiger partial charge in [-0.15, -0.1) is 0 Å². The largest absolute Gasteiger partial charge is 0.291 e. The van der Waals surface area contributed by atoms with Gasteiger partial charge in [-0.2, -0.15) is 10.2 Å². The summed E-state index contributed by atoms with van der Waals surface area (Å²) in [6, 6.07) is 11.7. The van der Waals surface area contributed by atoms with E-state index in [1.165, 1.54) is 12.1 Å². The average Bonchev–Trinajstić information content (AvgIpc) is 3.57. The third-order valence-electron chi connectivity index (χ3n) is 9.17. The van der Waals surface area contributed by atoms with E-state index < -0.39 is 19.7 Å². The summed E-state index contributed by atoms with van der Waals surface area (Å²) in [4.78, 5) is 19.0. The van der Waals surface area contributed by atoms with Crippen LogP contribution in [-0.2, 0) is 23.0 Å². The topological polar surface area (TPSA) is 82.7 Å². The van der Waals surface area contributed by atoms with E-state index in [1.54, 1.807) is 53.2 Å². The molecule has 212 valence electrons. The van der Waals surface area contributed by atoms with E-state index in [1.807, 2.05) is 32.9 Å². The molecule has 1 fully saturated rings. The van der Waals surface area contributed by atoms with Gasteiger partial charge in [0, 0.05) is 33.7 Å². The van der Waals surface area contributed by atoms with Gasteiger partial charge in [-0.3, -0.25) is 18.7 Å². The number of carbonyl (C=O) groups is 1. The Bertz CT molecular complexity index is 1800. The number of rotatable bonds is 6. The number of benzene rings is 1. The standard InChI is InChI=1S/C32H34FN5O2S/c1-21-12-14-34-27(16-21)30(39)32-18-22-20-35-38(26-10-8-25(33)9-11-26)28(22)17-23(32)6-7-24(19-32)31(2,3)41(5,40)29-13-15-37(4)36-29/h8-17,20,24H,5-7,18-19H2,1-4H3/t24-,32-,41?/m0/s1. The molecule has 1 unspecified atom stereocenters. The minimum atomic E-state index is -2.80. The van der Waals surface area contributed by atoms with E-state index in [4.69, 9.17) is 0 Å². The monoisotopic (exact) mass is 571 g/mol. The number of Topliss-reactive ketones (excluding diaryl/α,β-unsaturated/α-hetero) is 1. The second-order valence-corrected chi connectivity index (χ2v) is 14.8. The number of ketones is 1. The van der Waals surface area contributed by atoms with Gasteiger partial charge in [0.25, 0.3) is 0 Å². The van der Waals surface area contributed by atoms with E-state index in [0.717, 1.165) is 34.5 Å².